The number of carbonyl (C=O) groups is 1. The van der Waals surface area contributed by atoms with Crippen LogP contribution in [0.4, 0.5) is 4.39 Å². The Kier molecular flexibility index (Phi) is 3.42. The molecule has 0 radical (unpaired) electrons. The minimum atomic E-state index is -1.34. The highest BCUT2D eigenvalue weighted by Gasteiger charge is 2.11. The fourth-order valence-electron chi connectivity index (χ4n) is 1.26. The van der Waals surface area contributed by atoms with Crippen molar-refractivity contribution in [3.05, 3.63) is 52.3 Å². The van der Waals surface area contributed by atoms with Gasteiger partial charge in [-0.3, -0.25) is 4.79 Å². The van der Waals surface area contributed by atoms with Crippen LogP contribution in [0.5, 0.6) is 0 Å². The molecule has 18 heavy (non-hydrogen) atoms. The van der Waals surface area contributed by atoms with Crippen LogP contribution < -0.4 is 5.56 Å². The van der Waals surface area contributed by atoms with Gasteiger partial charge in [-0.15, -0.1) is 0 Å². The van der Waals surface area contributed by atoms with Gasteiger partial charge in [0.1, 0.15) is 10.8 Å². The van der Waals surface area contributed by atoms with E-state index in [-0.39, 0.29) is 5.56 Å². The van der Waals surface area contributed by atoms with Gasteiger partial charge in [0.05, 0.1) is 11.9 Å². The summed E-state index contributed by atoms with van der Waals surface area (Å²) in [7, 11) is 0. The third-order valence-electron chi connectivity index (χ3n) is 2.04. The smallest absolute Gasteiger partial charge is 0.338 e. The second-order valence-electron chi connectivity index (χ2n) is 3.30. The Bertz CT molecular complexity index is 657. The summed E-state index contributed by atoms with van der Waals surface area (Å²) in [6.07, 6.45) is 1.24. The third-order valence-corrected chi connectivity index (χ3v) is 2.97. The molecule has 0 fully saturated rings. The van der Waals surface area contributed by atoms with Gasteiger partial charge in [-0.1, -0.05) is 11.8 Å². The molecule has 0 saturated heterocycles. The van der Waals surface area contributed by atoms with Gasteiger partial charge in [0, 0.05) is 11.0 Å². The fourth-order valence-corrected chi connectivity index (χ4v) is 2.08. The topological polar surface area (TPSA) is 83.0 Å². The van der Waals surface area contributed by atoms with Crippen LogP contribution in [-0.2, 0) is 0 Å². The molecule has 0 saturated carbocycles. The first-order chi connectivity index (χ1) is 8.56. The number of halogens is 1. The van der Waals surface area contributed by atoms with E-state index in [0.29, 0.717) is 9.92 Å². The zero-order valence-electron chi connectivity index (χ0n) is 8.88. The Morgan fingerprint density at radius 2 is 2.17 bits per heavy atom. The molecule has 0 bridgehead atoms. The molecule has 1 heterocycles. The molecule has 0 atom stereocenters. The van der Waals surface area contributed by atoms with E-state index in [9.17, 15) is 14.0 Å². The predicted octanol–water partition coefficient (Wildman–Crippen LogP) is 1.76. The molecule has 5 nitrogen and oxygen atoms in total. The summed E-state index contributed by atoms with van der Waals surface area (Å²) in [6, 6.07) is 4.97. The van der Waals surface area contributed by atoms with E-state index in [1.54, 1.807) is 0 Å². The number of nitrogens with zero attached hydrogens (tertiary/aromatic N) is 1. The Balaban J connectivity index is 2.33. The van der Waals surface area contributed by atoms with Gasteiger partial charge in [0.25, 0.3) is 5.56 Å². The van der Waals surface area contributed by atoms with Gasteiger partial charge >= 0.3 is 5.97 Å². The summed E-state index contributed by atoms with van der Waals surface area (Å²) in [4.78, 5) is 28.6. The van der Waals surface area contributed by atoms with Gasteiger partial charge in [0.15, 0.2) is 0 Å². The maximum absolute atomic E-state index is 13.2. The molecule has 0 aliphatic carbocycles. The first kappa shape index (κ1) is 12.3. The van der Waals surface area contributed by atoms with Crippen LogP contribution >= 0.6 is 11.8 Å². The van der Waals surface area contributed by atoms with Gasteiger partial charge in [-0.2, -0.15) is 0 Å². The number of hydrogen-bond donors (Lipinski definition) is 2. The van der Waals surface area contributed by atoms with E-state index in [2.05, 4.69) is 9.97 Å². The van der Waals surface area contributed by atoms with E-state index >= 15 is 0 Å². The third kappa shape index (κ3) is 2.75. The van der Waals surface area contributed by atoms with Crippen molar-refractivity contribution in [1.29, 1.82) is 0 Å². The van der Waals surface area contributed by atoms with Crippen molar-refractivity contribution < 1.29 is 14.3 Å². The zero-order valence-corrected chi connectivity index (χ0v) is 9.70. The first-order valence-electron chi connectivity index (χ1n) is 4.81. The summed E-state index contributed by atoms with van der Waals surface area (Å²) >= 11 is 1.08. The number of benzene rings is 1. The molecule has 0 unspecified atom stereocenters. The Hall–Kier alpha value is -2.15. The Morgan fingerprint density at radius 1 is 1.39 bits per heavy atom. The fraction of sp³-hybridized carbons (Fsp3) is 0. The normalized spacial score (nSPS) is 10.3. The SMILES string of the molecule is O=C(O)c1cc(Sc2cc(=O)[nH]cn2)ccc1F. The van der Waals surface area contributed by atoms with Gasteiger partial charge in [-0.25, -0.2) is 14.2 Å². The maximum Gasteiger partial charge on any atom is 0.338 e. The number of carboxylic acid groups (broad SMARTS) is 1. The van der Waals surface area contributed by atoms with Crippen molar-refractivity contribution >= 4 is 17.7 Å². The summed E-state index contributed by atoms with van der Waals surface area (Å²) < 4.78 is 13.2. The second kappa shape index (κ2) is 5.01. The molecular weight excluding hydrogens is 259 g/mol. The summed E-state index contributed by atoms with van der Waals surface area (Å²) in [5, 5.41) is 9.18. The van der Waals surface area contributed by atoms with Crippen LogP contribution in [-0.4, -0.2) is 21.0 Å². The number of hydrogen-bond acceptors (Lipinski definition) is 4. The van der Waals surface area contributed by atoms with Gasteiger partial charge in [-0.05, 0) is 18.2 Å². The van der Waals surface area contributed by atoms with Crippen molar-refractivity contribution in [2.75, 3.05) is 0 Å². The number of aromatic nitrogens is 2. The molecule has 1 aromatic heterocycles. The van der Waals surface area contributed by atoms with Crippen LogP contribution in [0.25, 0.3) is 0 Å². The number of H-pyrrole nitrogens is 1. The molecule has 0 spiro atoms. The molecule has 2 N–H and O–H groups in total. The summed E-state index contributed by atoms with van der Waals surface area (Å²) in [6.45, 7) is 0. The van der Waals surface area contributed by atoms with E-state index in [1.165, 1.54) is 24.5 Å². The number of aromatic amines is 1. The largest absolute Gasteiger partial charge is 0.478 e. The molecule has 0 amide bonds. The molecule has 2 aromatic rings. The predicted molar refractivity (Wildman–Crippen MR) is 62.3 cm³/mol. The molecule has 2 rings (SSSR count). The Morgan fingerprint density at radius 3 is 2.83 bits per heavy atom. The molecule has 7 heteroatoms. The minimum absolute atomic E-state index is 0.312. The average molecular weight is 266 g/mol. The lowest BCUT2D eigenvalue weighted by atomic mass is 10.2. The van der Waals surface area contributed by atoms with Crippen molar-refractivity contribution in [3.8, 4) is 0 Å². The van der Waals surface area contributed by atoms with E-state index < -0.39 is 17.3 Å². The number of carboxylic acids is 1. The lowest BCUT2D eigenvalue weighted by Gasteiger charge is -2.02. The van der Waals surface area contributed by atoms with Crippen molar-refractivity contribution in [2.24, 2.45) is 0 Å². The number of aromatic carboxylic acids is 1. The first-order valence-corrected chi connectivity index (χ1v) is 5.63. The number of nitrogens with one attached hydrogen (secondary N) is 1. The lowest BCUT2D eigenvalue weighted by molar-refractivity contribution is 0.0691. The molecule has 1 aromatic carbocycles. The highest BCUT2D eigenvalue weighted by atomic mass is 32.2. The van der Waals surface area contributed by atoms with Gasteiger partial charge in [0.2, 0.25) is 0 Å². The zero-order chi connectivity index (χ0) is 13.1. The van der Waals surface area contributed by atoms with Gasteiger partial charge < -0.3 is 10.1 Å². The van der Waals surface area contributed by atoms with E-state index in [1.807, 2.05) is 0 Å². The summed E-state index contributed by atoms with van der Waals surface area (Å²) in [5.74, 6) is -2.14. The second-order valence-corrected chi connectivity index (χ2v) is 4.39. The standard InChI is InChI=1S/C11H7FN2O3S/c12-8-2-1-6(3-7(8)11(16)17)18-10-4-9(15)13-5-14-10/h1-5H,(H,16,17)(H,13,14,15). The van der Waals surface area contributed by atoms with Crippen molar-refractivity contribution in [3.63, 3.8) is 0 Å². The highest BCUT2D eigenvalue weighted by Crippen LogP contribution is 2.26. The van der Waals surface area contributed by atoms with E-state index in [4.69, 9.17) is 5.11 Å². The molecular formula is C11H7FN2O3S. The Labute approximate surface area is 105 Å². The highest BCUT2D eigenvalue weighted by molar-refractivity contribution is 7.99. The van der Waals surface area contributed by atoms with Crippen LogP contribution in [0.3, 0.4) is 0 Å². The molecule has 0 aliphatic rings. The monoisotopic (exact) mass is 266 g/mol. The minimum Gasteiger partial charge on any atom is -0.478 e. The van der Waals surface area contributed by atoms with Crippen molar-refractivity contribution in [1.82, 2.24) is 9.97 Å². The summed E-state index contributed by atoms with van der Waals surface area (Å²) in [5.41, 5.74) is -0.724. The lowest BCUT2D eigenvalue weighted by Crippen LogP contribution is -2.04. The van der Waals surface area contributed by atoms with Crippen LogP contribution in [0.1, 0.15) is 10.4 Å². The average Bonchev–Trinajstić information content (AvgIpc) is 2.31. The molecule has 92 valence electrons. The molecule has 0 aliphatic heterocycles. The van der Waals surface area contributed by atoms with E-state index in [0.717, 1.165) is 17.8 Å². The van der Waals surface area contributed by atoms with Crippen LogP contribution in [0, 0.1) is 5.82 Å². The van der Waals surface area contributed by atoms with Crippen LogP contribution in [0.2, 0.25) is 0 Å². The quantitative estimate of drug-likeness (QED) is 0.827. The number of rotatable bonds is 3. The van der Waals surface area contributed by atoms with Crippen LogP contribution in [0.15, 0.2) is 45.3 Å². The maximum atomic E-state index is 13.2. The van der Waals surface area contributed by atoms with Crippen molar-refractivity contribution in [2.45, 2.75) is 9.92 Å².